The molecule has 1 aromatic rings. The zero-order chi connectivity index (χ0) is 12.0. The molecule has 0 fully saturated rings. The molecule has 3 nitrogen and oxygen atoms in total. The molecule has 16 heavy (non-hydrogen) atoms. The van der Waals surface area contributed by atoms with Crippen LogP contribution in [0.15, 0.2) is 18.2 Å². The van der Waals surface area contributed by atoms with E-state index in [1.54, 1.807) is 19.2 Å². The molecule has 0 bridgehead atoms. The van der Waals surface area contributed by atoms with Gasteiger partial charge in [0.2, 0.25) is 0 Å². The highest BCUT2D eigenvalue weighted by molar-refractivity contribution is 6.30. The van der Waals surface area contributed by atoms with Gasteiger partial charge in [-0.25, -0.2) is 0 Å². The number of hydrogen-bond acceptors (Lipinski definition) is 3. The molecule has 0 spiro atoms. The standard InChI is InChI=1S/C12H15ClN2O/c1-9(8-16-2)7-15-12-4-3-11(13)5-10(12)6-14/h3-5,9,15H,7-8H2,1-2H3. The van der Waals surface area contributed by atoms with E-state index in [4.69, 9.17) is 21.6 Å². The van der Waals surface area contributed by atoms with E-state index in [2.05, 4.69) is 18.3 Å². The number of rotatable bonds is 5. The number of halogens is 1. The molecule has 1 unspecified atom stereocenters. The zero-order valence-corrected chi connectivity index (χ0v) is 10.2. The topological polar surface area (TPSA) is 45.0 Å². The van der Waals surface area contributed by atoms with Crippen LogP contribution in [-0.2, 0) is 4.74 Å². The number of nitriles is 1. The second kappa shape index (κ2) is 6.37. The molecule has 1 rings (SSSR count). The van der Waals surface area contributed by atoms with Crippen LogP contribution in [0.3, 0.4) is 0 Å². The quantitative estimate of drug-likeness (QED) is 0.858. The van der Waals surface area contributed by atoms with Gasteiger partial charge in [-0.2, -0.15) is 5.26 Å². The zero-order valence-electron chi connectivity index (χ0n) is 9.46. The Morgan fingerprint density at radius 1 is 1.56 bits per heavy atom. The van der Waals surface area contributed by atoms with Crippen LogP contribution in [0, 0.1) is 17.2 Å². The van der Waals surface area contributed by atoms with Crippen molar-refractivity contribution in [3.05, 3.63) is 28.8 Å². The van der Waals surface area contributed by atoms with Gasteiger partial charge < -0.3 is 10.1 Å². The Bertz CT molecular complexity index is 387. The monoisotopic (exact) mass is 238 g/mol. The Morgan fingerprint density at radius 2 is 2.31 bits per heavy atom. The van der Waals surface area contributed by atoms with Crippen molar-refractivity contribution < 1.29 is 4.74 Å². The van der Waals surface area contributed by atoms with Gasteiger partial charge >= 0.3 is 0 Å². The van der Waals surface area contributed by atoms with Crippen LogP contribution < -0.4 is 5.32 Å². The van der Waals surface area contributed by atoms with Gasteiger partial charge in [-0.15, -0.1) is 0 Å². The van der Waals surface area contributed by atoms with Gasteiger partial charge in [-0.05, 0) is 24.1 Å². The fourth-order valence-electron chi connectivity index (χ4n) is 1.39. The maximum absolute atomic E-state index is 8.94. The summed E-state index contributed by atoms with van der Waals surface area (Å²) in [6.45, 7) is 3.55. The van der Waals surface area contributed by atoms with Gasteiger partial charge in [0.15, 0.2) is 0 Å². The molecule has 4 heteroatoms. The summed E-state index contributed by atoms with van der Waals surface area (Å²) in [5.74, 6) is 0.396. The molecule has 0 amide bonds. The summed E-state index contributed by atoms with van der Waals surface area (Å²) in [5.41, 5.74) is 1.38. The molecule has 1 aromatic carbocycles. The van der Waals surface area contributed by atoms with Crippen molar-refractivity contribution in [3.63, 3.8) is 0 Å². The minimum absolute atomic E-state index is 0.396. The lowest BCUT2D eigenvalue weighted by Crippen LogP contribution is -2.16. The highest BCUT2D eigenvalue weighted by Crippen LogP contribution is 2.19. The lowest BCUT2D eigenvalue weighted by Gasteiger charge is -2.13. The molecule has 0 aliphatic heterocycles. The molecule has 1 atom stereocenters. The van der Waals surface area contributed by atoms with Crippen molar-refractivity contribution in [2.75, 3.05) is 25.6 Å². The molecule has 0 aliphatic carbocycles. The molecule has 0 radical (unpaired) electrons. The predicted octanol–water partition coefficient (Wildman–Crippen LogP) is 2.91. The Kier molecular flexibility index (Phi) is 5.10. The van der Waals surface area contributed by atoms with Crippen LogP contribution in [-0.4, -0.2) is 20.3 Å². The SMILES string of the molecule is COCC(C)CNc1ccc(Cl)cc1C#N. The van der Waals surface area contributed by atoms with E-state index in [0.717, 1.165) is 12.2 Å². The number of nitrogens with one attached hydrogen (secondary N) is 1. The number of hydrogen-bond donors (Lipinski definition) is 1. The number of nitrogens with zero attached hydrogens (tertiary/aromatic N) is 1. The van der Waals surface area contributed by atoms with Crippen LogP contribution in [0.2, 0.25) is 5.02 Å². The van der Waals surface area contributed by atoms with E-state index >= 15 is 0 Å². The van der Waals surface area contributed by atoms with Gasteiger partial charge in [0.05, 0.1) is 17.9 Å². The van der Waals surface area contributed by atoms with Gasteiger partial charge in [0.1, 0.15) is 6.07 Å². The second-order valence-electron chi connectivity index (χ2n) is 3.74. The molecule has 0 saturated heterocycles. The molecular formula is C12H15ClN2O. The molecule has 0 aromatic heterocycles. The van der Waals surface area contributed by atoms with Gasteiger partial charge in [-0.1, -0.05) is 18.5 Å². The molecule has 0 heterocycles. The predicted molar refractivity (Wildman–Crippen MR) is 65.7 cm³/mol. The number of methoxy groups -OCH3 is 1. The summed E-state index contributed by atoms with van der Waals surface area (Å²) in [6, 6.07) is 7.36. The van der Waals surface area contributed by atoms with Crippen molar-refractivity contribution in [3.8, 4) is 6.07 Å². The maximum Gasteiger partial charge on any atom is 0.101 e. The first-order valence-corrected chi connectivity index (χ1v) is 5.47. The van der Waals surface area contributed by atoms with Crippen LogP contribution in [0.25, 0.3) is 0 Å². The summed E-state index contributed by atoms with van der Waals surface area (Å²) < 4.78 is 5.04. The summed E-state index contributed by atoms with van der Waals surface area (Å²) in [5, 5.41) is 12.7. The Morgan fingerprint density at radius 3 is 2.94 bits per heavy atom. The number of benzene rings is 1. The normalized spacial score (nSPS) is 11.9. The fourth-order valence-corrected chi connectivity index (χ4v) is 1.56. The van der Waals surface area contributed by atoms with Crippen molar-refractivity contribution in [1.82, 2.24) is 0 Å². The van der Waals surface area contributed by atoms with Crippen molar-refractivity contribution in [2.24, 2.45) is 5.92 Å². The third-order valence-electron chi connectivity index (χ3n) is 2.19. The third-order valence-corrected chi connectivity index (χ3v) is 2.43. The maximum atomic E-state index is 8.94. The van der Waals surface area contributed by atoms with E-state index < -0.39 is 0 Å². The molecule has 0 aliphatic rings. The number of ether oxygens (including phenoxy) is 1. The van der Waals surface area contributed by atoms with Gasteiger partial charge in [-0.3, -0.25) is 0 Å². The van der Waals surface area contributed by atoms with Crippen molar-refractivity contribution >= 4 is 17.3 Å². The van der Waals surface area contributed by atoms with E-state index in [0.29, 0.717) is 23.1 Å². The van der Waals surface area contributed by atoms with E-state index in [1.165, 1.54) is 0 Å². The Balaban J connectivity index is 2.64. The molecule has 0 saturated carbocycles. The molecular weight excluding hydrogens is 224 g/mol. The summed E-state index contributed by atoms with van der Waals surface area (Å²) in [4.78, 5) is 0. The highest BCUT2D eigenvalue weighted by Gasteiger charge is 2.05. The Hall–Kier alpha value is -1.24. The van der Waals surface area contributed by atoms with Crippen molar-refractivity contribution in [1.29, 1.82) is 5.26 Å². The largest absolute Gasteiger partial charge is 0.384 e. The first-order chi connectivity index (χ1) is 7.67. The van der Waals surface area contributed by atoms with E-state index in [-0.39, 0.29) is 0 Å². The summed E-state index contributed by atoms with van der Waals surface area (Å²) in [6.07, 6.45) is 0. The first-order valence-electron chi connectivity index (χ1n) is 5.09. The molecule has 86 valence electrons. The average molecular weight is 239 g/mol. The minimum atomic E-state index is 0.396. The second-order valence-corrected chi connectivity index (χ2v) is 4.18. The van der Waals surface area contributed by atoms with Crippen LogP contribution in [0.4, 0.5) is 5.69 Å². The van der Waals surface area contributed by atoms with E-state index in [1.807, 2.05) is 6.07 Å². The van der Waals surface area contributed by atoms with Gasteiger partial charge in [0.25, 0.3) is 0 Å². The summed E-state index contributed by atoms with van der Waals surface area (Å²) in [7, 11) is 1.68. The lowest BCUT2D eigenvalue weighted by molar-refractivity contribution is 0.164. The highest BCUT2D eigenvalue weighted by atomic mass is 35.5. The van der Waals surface area contributed by atoms with Crippen molar-refractivity contribution in [2.45, 2.75) is 6.92 Å². The first kappa shape index (κ1) is 12.8. The van der Waals surface area contributed by atoms with Crippen LogP contribution >= 0.6 is 11.6 Å². The Labute approximate surface area is 101 Å². The minimum Gasteiger partial charge on any atom is -0.384 e. The van der Waals surface area contributed by atoms with Crippen LogP contribution in [0.5, 0.6) is 0 Å². The smallest absolute Gasteiger partial charge is 0.101 e. The summed E-state index contributed by atoms with van der Waals surface area (Å²) >= 11 is 5.81. The lowest BCUT2D eigenvalue weighted by atomic mass is 10.1. The van der Waals surface area contributed by atoms with Crippen LogP contribution in [0.1, 0.15) is 12.5 Å². The average Bonchev–Trinajstić information content (AvgIpc) is 2.27. The fraction of sp³-hybridized carbons (Fsp3) is 0.417. The number of anilines is 1. The molecule has 1 N–H and O–H groups in total. The van der Waals surface area contributed by atoms with Gasteiger partial charge in [0, 0.05) is 18.7 Å². The third kappa shape index (κ3) is 3.73. The van der Waals surface area contributed by atoms with E-state index in [9.17, 15) is 0 Å².